The Morgan fingerprint density at radius 3 is 2.56 bits per heavy atom. The van der Waals surface area contributed by atoms with Crippen LogP contribution in [0.2, 0.25) is 0 Å². The van der Waals surface area contributed by atoms with E-state index in [0.29, 0.717) is 30.1 Å². The van der Waals surface area contributed by atoms with Crippen molar-refractivity contribution in [2.75, 3.05) is 6.61 Å². The molecule has 0 atom stereocenters. The topological polar surface area (TPSA) is 83.2 Å². The molecule has 0 saturated carbocycles. The molecule has 3 aromatic rings. The normalized spacial score (nSPS) is 10.8. The molecule has 0 heterocycles. The summed E-state index contributed by atoms with van der Waals surface area (Å²) in [5.41, 5.74) is 3.04. The minimum atomic E-state index is -0.455. The first-order valence-electron chi connectivity index (χ1n) is 10.7. The zero-order valence-corrected chi connectivity index (χ0v) is 18.8. The number of nitro groups is 1. The summed E-state index contributed by atoms with van der Waals surface area (Å²) in [6.07, 6.45) is 3.83. The van der Waals surface area contributed by atoms with E-state index in [4.69, 9.17) is 14.3 Å². The smallest absolute Gasteiger partial charge is 0.269 e. The molecule has 0 amide bonds. The largest absolute Gasteiger partial charge is 0.490 e. The van der Waals surface area contributed by atoms with Crippen molar-refractivity contribution < 1.29 is 23.6 Å². The van der Waals surface area contributed by atoms with E-state index < -0.39 is 4.92 Å². The van der Waals surface area contributed by atoms with Gasteiger partial charge in [0.15, 0.2) is 11.5 Å². The average Bonchev–Trinajstić information content (AvgIpc) is 2.83. The molecule has 0 N–H and O–H groups in total. The van der Waals surface area contributed by atoms with Gasteiger partial charge in [0.05, 0.1) is 17.7 Å². The molecule has 0 spiro atoms. The maximum Gasteiger partial charge on any atom is 0.269 e. The van der Waals surface area contributed by atoms with Crippen LogP contribution in [0.4, 0.5) is 10.1 Å². The number of oxime groups is 1. The molecule has 0 aliphatic heterocycles. The minimum Gasteiger partial charge on any atom is -0.490 e. The summed E-state index contributed by atoms with van der Waals surface area (Å²) in [7, 11) is 0. The fourth-order valence-corrected chi connectivity index (χ4v) is 3.20. The van der Waals surface area contributed by atoms with Crippen molar-refractivity contribution in [1.82, 2.24) is 0 Å². The lowest BCUT2D eigenvalue weighted by Crippen LogP contribution is -2.04. The van der Waals surface area contributed by atoms with Crippen LogP contribution in [0.25, 0.3) is 0 Å². The predicted octanol–water partition coefficient (Wildman–Crippen LogP) is 5.99. The number of ether oxygens (including phenoxy) is 2. The maximum absolute atomic E-state index is 13.2. The molecule has 8 heteroatoms. The fraction of sp³-hybridized carbons (Fsp3) is 0.192. The van der Waals surface area contributed by atoms with Crippen molar-refractivity contribution in [2.24, 2.45) is 5.16 Å². The zero-order chi connectivity index (χ0) is 24.3. The number of halogens is 1. The molecule has 34 heavy (non-hydrogen) atoms. The highest BCUT2D eigenvalue weighted by atomic mass is 19.1. The molecule has 0 radical (unpaired) electrons. The highest BCUT2D eigenvalue weighted by molar-refractivity contribution is 5.81. The Labute approximate surface area is 197 Å². The number of allylic oxidation sites excluding steroid dienone is 1. The third kappa shape index (κ3) is 6.90. The summed E-state index contributed by atoms with van der Waals surface area (Å²) in [6.45, 7) is 6.47. The van der Waals surface area contributed by atoms with Crippen molar-refractivity contribution in [2.45, 2.75) is 26.6 Å². The Balaban J connectivity index is 1.75. The summed E-state index contributed by atoms with van der Waals surface area (Å²) < 4.78 is 25.0. The number of benzene rings is 3. The Kier molecular flexibility index (Phi) is 8.73. The molecule has 0 unspecified atom stereocenters. The number of hydrogen-bond acceptors (Lipinski definition) is 6. The molecule has 0 aromatic heterocycles. The minimum absolute atomic E-state index is 0.00303. The standard InChI is InChI=1S/C26H25FN2O5/c1-3-6-22-13-21(16-28-34-18-20-7-5-8-24(14-20)29(30)31)15-25(32-4-2)26(22)33-17-19-9-11-23(27)12-10-19/h3,5,7-16H,1,4,6,17-18H2,2H3/b28-16-. The van der Waals surface area contributed by atoms with E-state index in [-0.39, 0.29) is 24.7 Å². The molecule has 0 aliphatic rings. The molecule has 0 saturated heterocycles. The molecule has 3 aromatic carbocycles. The molecule has 0 bridgehead atoms. The SMILES string of the molecule is C=CCc1cc(/C=N\OCc2cccc([N+](=O)[O-])c2)cc(OCC)c1OCc1ccc(F)cc1. The van der Waals surface area contributed by atoms with Crippen LogP contribution in [0, 0.1) is 15.9 Å². The third-order valence-corrected chi connectivity index (χ3v) is 4.74. The predicted molar refractivity (Wildman–Crippen MR) is 128 cm³/mol. The average molecular weight is 464 g/mol. The van der Waals surface area contributed by atoms with Crippen molar-refractivity contribution in [3.63, 3.8) is 0 Å². The highest BCUT2D eigenvalue weighted by Gasteiger charge is 2.13. The highest BCUT2D eigenvalue weighted by Crippen LogP contribution is 2.34. The maximum atomic E-state index is 13.2. The van der Waals surface area contributed by atoms with Gasteiger partial charge in [0.1, 0.15) is 19.0 Å². The summed E-state index contributed by atoms with van der Waals surface area (Å²) in [5.74, 6) is 0.826. The van der Waals surface area contributed by atoms with Gasteiger partial charge in [-0.05, 0) is 48.7 Å². The van der Waals surface area contributed by atoms with Crippen molar-refractivity contribution >= 4 is 11.9 Å². The van der Waals surface area contributed by atoms with Crippen molar-refractivity contribution in [1.29, 1.82) is 0 Å². The second-order valence-electron chi connectivity index (χ2n) is 7.28. The van der Waals surface area contributed by atoms with E-state index in [1.807, 2.05) is 13.0 Å². The van der Waals surface area contributed by atoms with Crippen molar-refractivity contribution in [3.8, 4) is 11.5 Å². The van der Waals surface area contributed by atoms with Crippen LogP contribution >= 0.6 is 0 Å². The molecule has 0 aliphatic carbocycles. The van der Waals surface area contributed by atoms with Crippen LogP contribution in [0.1, 0.15) is 29.2 Å². The lowest BCUT2D eigenvalue weighted by Gasteiger charge is -2.16. The molecule has 0 fully saturated rings. The number of nitro benzene ring substituents is 1. The Morgan fingerprint density at radius 1 is 1.06 bits per heavy atom. The zero-order valence-electron chi connectivity index (χ0n) is 18.8. The van der Waals surface area contributed by atoms with Crippen molar-refractivity contribution in [3.05, 3.63) is 112 Å². The molecule has 176 valence electrons. The number of rotatable bonds is 12. The Bertz CT molecular complexity index is 1160. The van der Waals surface area contributed by atoms with Gasteiger partial charge in [-0.25, -0.2) is 4.39 Å². The fourth-order valence-electron chi connectivity index (χ4n) is 3.20. The number of hydrogen-bond donors (Lipinski definition) is 0. The van der Waals surface area contributed by atoms with Gasteiger partial charge in [-0.1, -0.05) is 35.5 Å². The quantitative estimate of drug-likeness (QED) is 0.142. The summed E-state index contributed by atoms with van der Waals surface area (Å²) in [4.78, 5) is 15.8. The molecular formula is C26H25FN2O5. The first-order valence-corrected chi connectivity index (χ1v) is 10.7. The van der Waals surface area contributed by atoms with Crippen LogP contribution in [0.3, 0.4) is 0 Å². The van der Waals surface area contributed by atoms with Crippen LogP contribution in [-0.2, 0) is 24.5 Å². The van der Waals surface area contributed by atoms with Crippen LogP contribution in [0.15, 0.2) is 78.5 Å². The van der Waals surface area contributed by atoms with E-state index >= 15 is 0 Å². The number of non-ortho nitro benzene ring substituents is 1. The Hall–Kier alpha value is -4.20. The van der Waals surface area contributed by atoms with Crippen LogP contribution in [0.5, 0.6) is 11.5 Å². The lowest BCUT2D eigenvalue weighted by atomic mass is 10.1. The van der Waals surface area contributed by atoms with Gasteiger partial charge >= 0.3 is 0 Å². The first kappa shape index (κ1) is 24.4. The van der Waals surface area contributed by atoms with E-state index in [0.717, 1.165) is 16.7 Å². The second kappa shape index (κ2) is 12.2. The van der Waals surface area contributed by atoms with Gasteiger partial charge in [-0.3, -0.25) is 10.1 Å². The molecular weight excluding hydrogens is 439 g/mol. The number of nitrogens with zero attached hydrogens (tertiary/aromatic N) is 2. The van der Waals surface area contributed by atoms with Gasteiger partial charge in [-0.15, -0.1) is 6.58 Å². The molecule has 7 nitrogen and oxygen atoms in total. The lowest BCUT2D eigenvalue weighted by molar-refractivity contribution is -0.384. The van der Waals surface area contributed by atoms with Gasteiger partial charge in [0, 0.05) is 23.3 Å². The van der Waals surface area contributed by atoms with Crippen LogP contribution in [-0.4, -0.2) is 17.7 Å². The van der Waals surface area contributed by atoms with E-state index in [2.05, 4.69) is 11.7 Å². The van der Waals surface area contributed by atoms with Crippen LogP contribution < -0.4 is 9.47 Å². The monoisotopic (exact) mass is 464 g/mol. The summed E-state index contributed by atoms with van der Waals surface area (Å²) >= 11 is 0. The van der Waals surface area contributed by atoms with E-state index in [1.165, 1.54) is 30.5 Å². The van der Waals surface area contributed by atoms with Gasteiger partial charge in [0.25, 0.3) is 5.69 Å². The van der Waals surface area contributed by atoms with Gasteiger partial charge in [-0.2, -0.15) is 0 Å². The van der Waals surface area contributed by atoms with Gasteiger partial charge in [0.2, 0.25) is 0 Å². The summed E-state index contributed by atoms with van der Waals surface area (Å²) in [5, 5.41) is 14.9. The third-order valence-electron chi connectivity index (χ3n) is 4.74. The molecule has 3 rings (SSSR count). The Morgan fingerprint density at radius 2 is 1.85 bits per heavy atom. The first-order chi connectivity index (χ1) is 16.5. The van der Waals surface area contributed by atoms with Gasteiger partial charge < -0.3 is 14.3 Å². The van der Waals surface area contributed by atoms with E-state index in [9.17, 15) is 14.5 Å². The second-order valence-corrected chi connectivity index (χ2v) is 7.28. The summed E-state index contributed by atoms with van der Waals surface area (Å²) in [6, 6.07) is 16.0. The van der Waals surface area contributed by atoms with E-state index in [1.54, 1.807) is 36.4 Å².